The highest BCUT2D eigenvalue weighted by Crippen LogP contribution is 2.30. The van der Waals surface area contributed by atoms with E-state index in [1.807, 2.05) is 42.5 Å². The topological polar surface area (TPSA) is 81.2 Å². The summed E-state index contributed by atoms with van der Waals surface area (Å²) in [5.74, 6) is 0. The maximum absolute atomic E-state index is 9.11. The van der Waals surface area contributed by atoms with Crippen molar-refractivity contribution < 1.29 is 0 Å². The first-order valence-electron chi connectivity index (χ1n) is 10.8. The molecule has 2 aliphatic rings. The largest absolute Gasteiger partial charge is 0.355 e. The lowest BCUT2D eigenvalue weighted by atomic mass is 9.99. The summed E-state index contributed by atoms with van der Waals surface area (Å²) in [6, 6.07) is 26.7. The van der Waals surface area contributed by atoms with Crippen LogP contribution in [0.5, 0.6) is 0 Å². The zero-order valence-corrected chi connectivity index (χ0v) is 17.7. The van der Waals surface area contributed by atoms with Crippen molar-refractivity contribution in [2.75, 3.05) is 0 Å². The molecule has 0 atom stereocenters. The number of rotatable bonds is 2. The van der Waals surface area contributed by atoms with Crippen LogP contribution in [0.15, 0.2) is 72.8 Å². The molecule has 0 radical (unpaired) electrons. The Bertz CT molecular complexity index is 1660. The van der Waals surface area contributed by atoms with Crippen LogP contribution in [0.4, 0.5) is 0 Å². The first-order valence-corrected chi connectivity index (χ1v) is 10.8. The van der Waals surface area contributed by atoms with Gasteiger partial charge in [-0.05, 0) is 77.9 Å². The summed E-state index contributed by atoms with van der Waals surface area (Å²) >= 11 is 0. The number of hydrogen-bond acceptors (Lipinski definition) is 3. The molecule has 156 valence electrons. The molecular weight excluding hydrogens is 406 g/mol. The molecule has 6 rings (SSSR count). The van der Waals surface area contributed by atoms with Gasteiger partial charge in [-0.2, -0.15) is 5.26 Å². The zero-order chi connectivity index (χ0) is 22.2. The molecule has 5 heterocycles. The molecule has 0 amide bonds. The number of nitrogens with one attached hydrogen (secondary N) is 2. The van der Waals surface area contributed by atoms with Crippen molar-refractivity contribution in [3.8, 4) is 6.07 Å². The molecule has 8 bridgehead atoms. The minimum Gasteiger partial charge on any atom is -0.355 e. The molecule has 1 aromatic carbocycles. The molecule has 3 aromatic heterocycles. The van der Waals surface area contributed by atoms with E-state index in [2.05, 4.69) is 64.6 Å². The summed E-state index contributed by atoms with van der Waals surface area (Å²) in [4.78, 5) is 16.5. The second-order valence-electron chi connectivity index (χ2n) is 8.13. The van der Waals surface area contributed by atoms with E-state index in [9.17, 15) is 0 Å². The van der Waals surface area contributed by atoms with Gasteiger partial charge in [-0.25, -0.2) is 9.97 Å². The van der Waals surface area contributed by atoms with Crippen molar-refractivity contribution in [3.05, 3.63) is 107 Å². The third-order valence-corrected chi connectivity index (χ3v) is 5.69. The number of H-pyrrole nitrogens is 2. The molecule has 33 heavy (non-hydrogen) atoms. The van der Waals surface area contributed by atoms with E-state index in [4.69, 9.17) is 15.2 Å². The van der Waals surface area contributed by atoms with Crippen molar-refractivity contribution in [1.82, 2.24) is 19.9 Å². The maximum Gasteiger partial charge on any atom is 0.0737 e. The molecule has 2 aliphatic heterocycles. The molecule has 5 heteroatoms. The summed E-state index contributed by atoms with van der Waals surface area (Å²) in [5, 5.41) is 9.11. The highest BCUT2D eigenvalue weighted by Gasteiger charge is 2.14. The van der Waals surface area contributed by atoms with E-state index >= 15 is 0 Å². The zero-order valence-electron chi connectivity index (χ0n) is 17.7. The van der Waals surface area contributed by atoms with Crippen LogP contribution in [-0.4, -0.2) is 19.9 Å². The van der Waals surface area contributed by atoms with E-state index in [1.165, 1.54) is 0 Å². The highest BCUT2D eigenvalue weighted by atomic mass is 14.8. The minimum absolute atomic E-state index is 0.381. The van der Waals surface area contributed by atoms with Crippen LogP contribution in [-0.2, 0) is 6.42 Å². The van der Waals surface area contributed by atoms with Crippen molar-refractivity contribution in [3.63, 3.8) is 0 Å². The Hall–Kier alpha value is -4.69. The Morgan fingerprint density at radius 1 is 0.697 bits per heavy atom. The van der Waals surface area contributed by atoms with Crippen molar-refractivity contribution >= 4 is 45.9 Å². The Kier molecular flexibility index (Phi) is 4.48. The molecule has 2 N–H and O–H groups in total. The van der Waals surface area contributed by atoms with Gasteiger partial charge in [-0.15, -0.1) is 0 Å². The fourth-order valence-corrected chi connectivity index (χ4v) is 4.19. The fraction of sp³-hybridized carbons (Fsp3) is 0.0357. The fourth-order valence-electron chi connectivity index (χ4n) is 4.19. The second-order valence-corrected chi connectivity index (χ2v) is 8.13. The summed E-state index contributed by atoms with van der Waals surface area (Å²) in [5.41, 5.74) is 10.5. The maximum atomic E-state index is 9.11. The first-order chi connectivity index (χ1) is 16.2. The molecular formula is C28H19N5. The molecule has 0 spiro atoms. The van der Waals surface area contributed by atoms with Crippen LogP contribution in [0.2, 0.25) is 0 Å². The molecule has 4 aromatic rings. The number of nitrogens with zero attached hydrogens (tertiary/aromatic N) is 3. The van der Waals surface area contributed by atoms with Crippen LogP contribution in [0.3, 0.4) is 0 Å². The standard InChI is InChI=1S/C28H19N5/c29-11-10-18-2-1-3-19(12-18)27-16-26-15-24-7-6-22(31-24)13-20-4-5-21(30-20)14-23-8-9-25(32-23)17-28(27)33-26/h1-9,12-17,30-31H,10H2. The lowest BCUT2D eigenvalue weighted by molar-refractivity contribution is 1.25. The molecule has 0 saturated carbocycles. The van der Waals surface area contributed by atoms with Gasteiger partial charge >= 0.3 is 0 Å². The molecule has 0 saturated heterocycles. The van der Waals surface area contributed by atoms with Crippen LogP contribution < -0.4 is 0 Å². The van der Waals surface area contributed by atoms with Gasteiger partial charge in [0.2, 0.25) is 0 Å². The van der Waals surface area contributed by atoms with Gasteiger partial charge in [-0.3, -0.25) is 0 Å². The second kappa shape index (κ2) is 7.77. The number of benzene rings is 1. The average Bonchev–Trinajstić information content (AvgIpc) is 3.59. The quantitative estimate of drug-likeness (QED) is 0.350. The van der Waals surface area contributed by atoms with Crippen molar-refractivity contribution in [2.45, 2.75) is 6.42 Å². The van der Waals surface area contributed by atoms with E-state index in [0.29, 0.717) is 6.42 Å². The van der Waals surface area contributed by atoms with Crippen molar-refractivity contribution in [2.24, 2.45) is 0 Å². The van der Waals surface area contributed by atoms with Crippen LogP contribution in [0, 0.1) is 11.3 Å². The van der Waals surface area contributed by atoms with Gasteiger partial charge in [0.15, 0.2) is 0 Å². The summed E-state index contributed by atoms with van der Waals surface area (Å²) < 4.78 is 0. The normalized spacial score (nSPS) is 12.4. The molecule has 0 fully saturated rings. The third-order valence-electron chi connectivity index (χ3n) is 5.69. The van der Waals surface area contributed by atoms with Gasteiger partial charge in [0.05, 0.1) is 35.3 Å². The Labute approximate surface area is 190 Å². The number of aromatic nitrogens is 4. The predicted octanol–water partition coefficient (Wildman–Crippen LogP) is 6.14. The third kappa shape index (κ3) is 3.86. The van der Waals surface area contributed by atoms with E-state index in [1.54, 1.807) is 0 Å². The lowest BCUT2D eigenvalue weighted by Crippen LogP contribution is -1.89. The van der Waals surface area contributed by atoms with E-state index in [-0.39, 0.29) is 0 Å². The monoisotopic (exact) mass is 425 g/mol. The molecule has 5 nitrogen and oxygen atoms in total. The van der Waals surface area contributed by atoms with Gasteiger partial charge < -0.3 is 9.97 Å². The van der Waals surface area contributed by atoms with Crippen molar-refractivity contribution in [1.29, 1.82) is 5.26 Å². The number of aromatic amines is 2. The Morgan fingerprint density at radius 2 is 1.36 bits per heavy atom. The van der Waals surface area contributed by atoms with Crippen LogP contribution in [0.25, 0.3) is 45.9 Å². The minimum atomic E-state index is 0.381. The first kappa shape index (κ1) is 19.0. The predicted molar refractivity (Wildman–Crippen MR) is 133 cm³/mol. The van der Waals surface area contributed by atoms with Gasteiger partial charge in [0.1, 0.15) is 0 Å². The number of hydrogen-bond donors (Lipinski definition) is 2. The van der Waals surface area contributed by atoms with Crippen LogP contribution in [0.1, 0.15) is 33.9 Å². The highest BCUT2D eigenvalue weighted by molar-refractivity contribution is 5.93. The Balaban J connectivity index is 1.60. The van der Waals surface area contributed by atoms with Gasteiger partial charge in [0, 0.05) is 27.6 Å². The van der Waals surface area contributed by atoms with E-state index in [0.717, 1.165) is 61.5 Å². The van der Waals surface area contributed by atoms with Crippen LogP contribution >= 0.6 is 0 Å². The van der Waals surface area contributed by atoms with Gasteiger partial charge in [0.25, 0.3) is 0 Å². The average molecular weight is 425 g/mol. The van der Waals surface area contributed by atoms with Gasteiger partial charge in [-0.1, -0.05) is 24.3 Å². The Morgan fingerprint density at radius 3 is 2.09 bits per heavy atom. The smallest absolute Gasteiger partial charge is 0.0737 e. The SMILES string of the molecule is N#CCc1cccc(C2=Cc3cc4ccc(cc5ccc(cc6nc(cc2n3)C=C6)[nH]5)[nH]4)c1. The molecule has 0 unspecified atom stereocenters. The summed E-state index contributed by atoms with van der Waals surface area (Å²) in [6.07, 6.45) is 6.48. The summed E-state index contributed by atoms with van der Waals surface area (Å²) in [6.45, 7) is 0. The van der Waals surface area contributed by atoms with E-state index < -0.39 is 0 Å². The lowest BCUT2D eigenvalue weighted by Gasteiger charge is -2.04. The molecule has 0 aliphatic carbocycles. The number of fused-ring (bicyclic) bond motifs is 8. The summed E-state index contributed by atoms with van der Waals surface area (Å²) in [7, 11) is 0. The number of nitriles is 1.